The Labute approximate surface area is 270 Å². The van der Waals surface area contributed by atoms with Crippen LogP contribution in [0.5, 0.6) is 5.75 Å². The summed E-state index contributed by atoms with van der Waals surface area (Å²) >= 11 is 0. The van der Waals surface area contributed by atoms with Gasteiger partial charge in [0, 0.05) is 51.8 Å². The monoisotopic (exact) mass is 650 g/mol. The fourth-order valence-electron chi connectivity index (χ4n) is 4.56. The molecule has 14 heteroatoms. The van der Waals surface area contributed by atoms with Crippen LogP contribution in [-0.2, 0) is 36.7 Å². The lowest BCUT2D eigenvalue weighted by Gasteiger charge is -2.26. The third kappa shape index (κ3) is 11.8. The highest BCUT2D eigenvalue weighted by Crippen LogP contribution is 2.20. The van der Waals surface area contributed by atoms with Crippen molar-refractivity contribution in [3.8, 4) is 5.75 Å². The molecular weight excluding hydrogens is 608 g/mol. The standard InChI is InChI=1S/C31H42N4O9.ClH/c1-4-33-16-8-7-10-24(33)14-17-35(29(37)26-11-5-6-12-27(26)41-3)31(39)44-23-25(40-2)22-43-30(38)32-15-9-13-28(36)34-18-20-42-21-19-34;/h5-8,10-12,16,25H,4,9,13-15,17-23H2,1-3H3;1H. The van der Waals surface area contributed by atoms with Gasteiger partial charge in [-0.2, -0.15) is 0 Å². The molecule has 0 saturated carbocycles. The van der Waals surface area contributed by atoms with Crippen molar-refractivity contribution >= 4 is 24.0 Å². The Kier molecular flexibility index (Phi) is 16.7. The summed E-state index contributed by atoms with van der Waals surface area (Å²) in [7, 11) is 2.85. The number of halogens is 1. The number of aromatic nitrogens is 1. The van der Waals surface area contributed by atoms with E-state index < -0.39 is 24.2 Å². The number of para-hydroxylation sites is 1. The molecule has 1 aromatic heterocycles. The van der Waals surface area contributed by atoms with E-state index in [0.29, 0.717) is 51.3 Å². The fraction of sp³-hybridized carbons (Fsp3) is 0.516. The highest BCUT2D eigenvalue weighted by Gasteiger charge is 2.28. The molecule has 2 aromatic rings. The maximum atomic E-state index is 13.5. The van der Waals surface area contributed by atoms with Gasteiger partial charge in [-0.05, 0) is 25.5 Å². The van der Waals surface area contributed by atoms with Gasteiger partial charge < -0.3 is 46.3 Å². The van der Waals surface area contributed by atoms with Crippen LogP contribution in [0.15, 0.2) is 48.7 Å². The number of carbonyl (C=O) groups excluding carboxylic acids is 4. The van der Waals surface area contributed by atoms with Crippen molar-refractivity contribution in [3.05, 3.63) is 59.9 Å². The smallest absolute Gasteiger partial charge is 0.416 e. The van der Waals surface area contributed by atoms with Crippen molar-refractivity contribution in [1.29, 1.82) is 0 Å². The lowest BCUT2D eigenvalue weighted by molar-refractivity contribution is -0.700. The van der Waals surface area contributed by atoms with E-state index in [1.54, 1.807) is 29.2 Å². The van der Waals surface area contributed by atoms with Crippen LogP contribution in [-0.4, -0.2) is 107 Å². The van der Waals surface area contributed by atoms with Crippen molar-refractivity contribution in [3.63, 3.8) is 0 Å². The predicted molar refractivity (Wildman–Crippen MR) is 158 cm³/mol. The molecule has 1 fully saturated rings. The molecule has 13 nitrogen and oxygen atoms in total. The first-order chi connectivity index (χ1) is 21.4. The zero-order valence-electron chi connectivity index (χ0n) is 26.1. The summed E-state index contributed by atoms with van der Waals surface area (Å²) in [5.41, 5.74) is 1.17. The summed E-state index contributed by atoms with van der Waals surface area (Å²) < 4.78 is 28.6. The lowest BCUT2D eigenvalue weighted by atomic mass is 10.1. The van der Waals surface area contributed by atoms with E-state index in [1.807, 2.05) is 35.9 Å². The van der Waals surface area contributed by atoms with E-state index in [1.165, 1.54) is 14.2 Å². The van der Waals surface area contributed by atoms with Crippen molar-refractivity contribution in [2.24, 2.45) is 0 Å². The van der Waals surface area contributed by atoms with Crippen LogP contribution in [0.3, 0.4) is 0 Å². The number of morpholine rings is 1. The molecule has 0 aliphatic carbocycles. The minimum atomic E-state index is -0.865. The molecule has 0 radical (unpaired) electrons. The number of nitrogens with zero attached hydrogens (tertiary/aromatic N) is 3. The van der Waals surface area contributed by atoms with E-state index in [2.05, 4.69) is 5.32 Å². The molecule has 45 heavy (non-hydrogen) atoms. The summed E-state index contributed by atoms with van der Waals surface area (Å²) in [6.45, 7) is 4.85. The summed E-state index contributed by atoms with van der Waals surface area (Å²) in [5.74, 6) is -0.210. The summed E-state index contributed by atoms with van der Waals surface area (Å²) in [4.78, 5) is 53.9. The molecular formula is C31H43ClN4O9. The van der Waals surface area contributed by atoms with Crippen molar-refractivity contribution < 1.29 is 59.8 Å². The van der Waals surface area contributed by atoms with E-state index in [-0.39, 0.29) is 50.2 Å². The van der Waals surface area contributed by atoms with Crippen LogP contribution in [0.25, 0.3) is 0 Å². The third-order valence-electron chi connectivity index (χ3n) is 7.10. The number of methoxy groups -OCH3 is 2. The number of pyridine rings is 1. The zero-order valence-corrected chi connectivity index (χ0v) is 26.8. The largest absolute Gasteiger partial charge is 1.00 e. The summed E-state index contributed by atoms with van der Waals surface area (Å²) in [6.07, 6.45) is 0.794. The molecule has 1 unspecified atom stereocenters. The van der Waals surface area contributed by atoms with Crippen LogP contribution < -0.4 is 27.0 Å². The average molecular weight is 651 g/mol. The van der Waals surface area contributed by atoms with Crippen LogP contribution in [0.4, 0.5) is 9.59 Å². The first-order valence-electron chi connectivity index (χ1n) is 14.8. The van der Waals surface area contributed by atoms with Crippen molar-refractivity contribution in [2.75, 3.05) is 66.8 Å². The van der Waals surface area contributed by atoms with Crippen molar-refractivity contribution in [1.82, 2.24) is 15.1 Å². The Bertz CT molecular complexity index is 1240. The first-order valence-corrected chi connectivity index (χ1v) is 14.8. The van der Waals surface area contributed by atoms with E-state index in [0.717, 1.165) is 17.1 Å². The molecule has 1 aromatic carbocycles. The van der Waals surface area contributed by atoms with E-state index in [4.69, 9.17) is 23.7 Å². The number of amides is 4. The van der Waals surface area contributed by atoms with Crippen LogP contribution in [0, 0.1) is 0 Å². The van der Waals surface area contributed by atoms with Gasteiger partial charge in [-0.25, -0.2) is 19.1 Å². The molecule has 3 rings (SSSR count). The molecule has 1 atom stereocenters. The minimum absolute atomic E-state index is 0. The van der Waals surface area contributed by atoms with Gasteiger partial charge >= 0.3 is 12.2 Å². The Morgan fingerprint density at radius 3 is 2.44 bits per heavy atom. The van der Waals surface area contributed by atoms with E-state index >= 15 is 0 Å². The Balaban J connectivity index is 0.00000705. The molecule has 1 aliphatic heterocycles. The first kappa shape index (κ1) is 37.2. The number of alkyl carbamates (subject to hydrolysis) is 1. The Morgan fingerprint density at radius 2 is 1.73 bits per heavy atom. The predicted octanol–water partition coefficient (Wildman–Crippen LogP) is -0.792. The molecule has 4 amide bonds. The summed E-state index contributed by atoms with van der Waals surface area (Å²) in [6, 6.07) is 12.4. The second kappa shape index (κ2) is 20.2. The van der Waals surface area contributed by atoms with Gasteiger partial charge in [-0.1, -0.05) is 18.2 Å². The maximum Gasteiger partial charge on any atom is 0.416 e. The van der Waals surface area contributed by atoms with Gasteiger partial charge in [0.15, 0.2) is 11.9 Å². The highest BCUT2D eigenvalue weighted by molar-refractivity contribution is 6.04. The number of rotatable bonds is 15. The lowest BCUT2D eigenvalue weighted by Crippen LogP contribution is -3.00. The normalized spacial score (nSPS) is 13.2. The molecule has 0 bridgehead atoms. The van der Waals surface area contributed by atoms with Gasteiger partial charge in [0.05, 0.1) is 32.3 Å². The topological polar surface area (TPSA) is 137 Å². The highest BCUT2D eigenvalue weighted by atomic mass is 35.5. The number of aryl methyl sites for hydroxylation is 1. The number of hydrogen-bond acceptors (Lipinski definition) is 9. The molecule has 1 N–H and O–H groups in total. The zero-order chi connectivity index (χ0) is 31.7. The second-order valence-electron chi connectivity index (χ2n) is 9.94. The molecule has 1 saturated heterocycles. The maximum absolute atomic E-state index is 13.5. The third-order valence-corrected chi connectivity index (χ3v) is 7.10. The summed E-state index contributed by atoms with van der Waals surface area (Å²) in [5, 5.41) is 2.60. The Morgan fingerprint density at radius 1 is 1.02 bits per heavy atom. The minimum Gasteiger partial charge on any atom is -1.00 e. The fourth-order valence-corrected chi connectivity index (χ4v) is 4.56. The number of nitrogens with one attached hydrogen (secondary N) is 1. The van der Waals surface area contributed by atoms with E-state index in [9.17, 15) is 19.2 Å². The Hall–Kier alpha value is -3.94. The molecule has 0 spiro atoms. The number of hydrogen-bond donors (Lipinski definition) is 1. The molecule has 248 valence electrons. The number of benzene rings is 1. The van der Waals surface area contributed by atoms with Crippen LogP contribution >= 0.6 is 0 Å². The van der Waals surface area contributed by atoms with Gasteiger partial charge in [0.25, 0.3) is 5.91 Å². The van der Waals surface area contributed by atoms with Crippen LogP contribution in [0.1, 0.15) is 35.8 Å². The average Bonchev–Trinajstić information content (AvgIpc) is 3.07. The number of carbonyl (C=O) groups is 4. The number of ether oxygens (including phenoxy) is 5. The second-order valence-corrected chi connectivity index (χ2v) is 9.94. The van der Waals surface area contributed by atoms with Gasteiger partial charge in [0.2, 0.25) is 5.91 Å². The quantitative estimate of drug-likeness (QED) is 0.194. The van der Waals surface area contributed by atoms with Gasteiger partial charge in [-0.3, -0.25) is 9.59 Å². The van der Waals surface area contributed by atoms with Crippen molar-refractivity contribution in [2.45, 2.75) is 38.8 Å². The van der Waals surface area contributed by atoms with Gasteiger partial charge in [0.1, 0.15) is 31.6 Å². The van der Waals surface area contributed by atoms with Crippen LogP contribution in [0.2, 0.25) is 0 Å². The SMILES string of the molecule is CC[n+]1ccccc1CCN(C(=O)OCC(COC(=O)NCCCC(=O)N1CCOCC1)OC)C(=O)c1ccccc1OC.[Cl-]. The molecule has 1 aliphatic rings. The molecule has 2 heterocycles. The van der Waals surface area contributed by atoms with Gasteiger partial charge in [-0.15, -0.1) is 0 Å². The number of imide groups is 1.